The van der Waals surface area contributed by atoms with Gasteiger partial charge in [0.05, 0.1) is 18.1 Å². The van der Waals surface area contributed by atoms with Gasteiger partial charge in [-0.2, -0.15) is 5.26 Å². The summed E-state index contributed by atoms with van der Waals surface area (Å²) < 4.78 is 12.9. The van der Waals surface area contributed by atoms with Gasteiger partial charge in [0.2, 0.25) is 5.91 Å². The molecule has 1 aromatic rings. The third-order valence-corrected chi connectivity index (χ3v) is 1.61. The molecule has 1 rings (SSSR count). The van der Waals surface area contributed by atoms with Crippen molar-refractivity contribution in [1.82, 2.24) is 5.43 Å². The maximum Gasteiger partial charge on any atom is 0.238 e. The number of halogens is 1. The number of nitrogens with zero attached hydrogens (tertiary/aromatic N) is 1. The van der Waals surface area contributed by atoms with Gasteiger partial charge in [-0.3, -0.25) is 10.2 Å². The molecule has 72 valence electrons. The van der Waals surface area contributed by atoms with E-state index in [9.17, 15) is 9.18 Å². The van der Waals surface area contributed by atoms with Crippen LogP contribution in [0.15, 0.2) is 18.2 Å². The van der Waals surface area contributed by atoms with Gasteiger partial charge < -0.3 is 0 Å². The molecule has 0 saturated heterocycles. The fraction of sp³-hybridized carbons (Fsp3) is 0.111. The van der Waals surface area contributed by atoms with Crippen molar-refractivity contribution in [2.75, 3.05) is 0 Å². The van der Waals surface area contributed by atoms with E-state index in [4.69, 9.17) is 11.1 Å². The molecule has 0 atom stereocenters. The van der Waals surface area contributed by atoms with E-state index in [1.165, 1.54) is 12.1 Å². The van der Waals surface area contributed by atoms with Crippen LogP contribution in [0.2, 0.25) is 0 Å². The average Bonchev–Trinajstić information content (AvgIpc) is 2.16. The Labute approximate surface area is 80.1 Å². The van der Waals surface area contributed by atoms with Crippen LogP contribution in [0.5, 0.6) is 0 Å². The van der Waals surface area contributed by atoms with E-state index in [0.29, 0.717) is 5.56 Å². The number of rotatable bonds is 2. The lowest BCUT2D eigenvalue weighted by Crippen LogP contribution is -2.31. The van der Waals surface area contributed by atoms with Crippen molar-refractivity contribution in [1.29, 1.82) is 5.26 Å². The summed E-state index contributed by atoms with van der Waals surface area (Å²) in [5.74, 6) is 3.90. The molecule has 4 nitrogen and oxygen atoms in total. The Morgan fingerprint density at radius 1 is 1.57 bits per heavy atom. The molecule has 0 radical (unpaired) electrons. The summed E-state index contributed by atoms with van der Waals surface area (Å²) in [7, 11) is 0. The SMILES string of the molecule is N#Cc1cc(F)cc(CC(=O)NN)c1. The molecule has 0 spiro atoms. The van der Waals surface area contributed by atoms with Crippen LogP contribution in [0, 0.1) is 17.1 Å². The number of amides is 1. The van der Waals surface area contributed by atoms with Crippen LogP contribution < -0.4 is 11.3 Å². The predicted molar refractivity (Wildman–Crippen MR) is 47.1 cm³/mol. The van der Waals surface area contributed by atoms with E-state index < -0.39 is 11.7 Å². The fourth-order valence-corrected chi connectivity index (χ4v) is 1.05. The van der Waals surface area contributed by atoms with Crippen LogP contribution in [-0.2, 0) is 11.2 Å². The number of nitriles is 1. The van der Waals surface area contributed by atoms with E-state index in [1.807, 2.05) is 5.43 Å². The largest absolute Gasteiger partial charge is 0.294 e. The van der Waals surface area contributed by atoms with Crippen LogP contribution in [-0.4, -0.2) is 5.91 Å². The van der Waals surface area contributed by atoms with Crippen LogP contribution in [0.25, 0.3) is 0 Å². The van der Waals surface area contributed by atoms with Crippen LogP contribution in [0.3, 0.4) is 0 Å². The highest BCUT2D eigenvalue weighted by atomic mass is 19.1. The summed E-state index contributed by atoms with van der Waals surface area (Å²) in [4.78, 5) is 10.9. The van der Waals surface area contributed by atoms with Crippen molar-refractivity contribution < 1.29 is 9.18 Å². The summed E-state index contributed by atoms with van der Waals surface area (Å²) in [6, 6.07) is 5.53. The highest BCUT2D eigenvalue weighted by Crippen LogP contribution is 2.08. The van der Waals surface area contributed by atoms with E-state index in [2.05, 4.69) is 0 Å². The molecule has 0 aliphatic carbocycles. The second-order valence-electron chi connectivity index (χ2n) is 2.70. The third kappa shape index (κ3) is 2.54. The summed E-state index contributed by atoms with van der Waals surface area (Å²) in [5, 5.41) is 8.54. The molecule has 14 heavy (non-hydrogen) atoms. The van der Waals surface area contributed by atoms with Crippen LogP contribution in [0.1, 0.15) is 11.1 Å². The Kier molecular flexibility index (Phi) is 3.15. The Morgan fingerprint density at radius 3 is 2.86 bits per heavy atom. The maximum atomic E-state index is 12.9. The number of hydrazine groups is 1. The second-order valence-corrected chi connectivity index (χ2v) is 2.70. The lowest BCUT2D eigenvalue weighted by molar-refractivity contribution is -0.120. The molecule has 0 fully saturated rings. The molecule has 0 saturated carbocycles. The van der Waals surface area contributed by atoms with Crippen LogP contribution >= 0.6 is 0 Å². The minimum atomic E-state index is -0.538. The van der Waals surface area contributed by atoms with Crippen molar-refractivity contribution in [3.05, 3.63) is 35.1 Å². The first-order chi connectivity index (χ1) is 6.65. The first-order valence-electron chi connectivity index (χ1n) is 3.84. The highest BCUT2D eigenvalue weighted by Gasteiger charge is 2.04. The molecular formula is C9H8FN3O. The monoisotopic (exact) mass is 193 g/mol. The third-order valence-electron chi connectivity index (χ3n) is 1.61. The number of nitrogens with one attached hydrogen (secondary N) is 1. The van der Waals surface area contributed by atoms with Crippen molar-refractivity contribution in [3.63, 3.8) is 0 Å². The Balaban J connectivity index is 2.93. The minimum absolute atomic E-state index is 0.0388. The van der Waals surface area contributed by atoms with E-state index in [1.54, 1.807) is 6.07 Å². The van der Waals surface area contributed by atoms with Gasteiger partial charge in [0.1, 0.15) is 5.82 Å². The molecule has 0 aliphatic rings. The molecule has 0 aromatic heterocycles. The second kappa shape index (κ2) is 4.35. The van der Waals surface area contributed by atoms with Crippen molar-refractivity contribution in [2.24, 2.45) is 5.84 Å². The van der Waals surface area contributed by atoms with Crippen molar-refractivity contribution in [3.8, 4) is 6.07 Å². The smallest absolute Gasteiger partial charge is 0.238 e. The summed E-state index contributed by atoms with van der Waals surface area (Å²) in [5.41, 5.74) is 2.53. The summed E-state index contributed by atoms with van der Waals surface area (Å²) >= 11 is 0. The Hall–Kier alpha value is -1.93. The van der Waals surface area contributed by atoms with Gasteiger partial charge in [0.25, 0.3) is 0 Å². The zero-order chi connectivity index (χ0) is 10.6. The maximum absolute atomic E-state index is 12.9. The van der Waals surface area contributed by atoms with Gasteiger partial charge in [-0.05, 0) is 23.8 Å². The minimum Gasteiger partial charge on any atom is -0.294 e. The molecule has 0 unspecified atom stereocenters. The molecule has 0 bridgehead atoms. The van der Waals surface area contributed by atoms with Gasteiger partial charge in [-0.25, -0.2) is 10.2 Å². The molecule has 0 aliphatic heterocycles. The first-order valence-corrected chi connectivity index (χ1v) is 3.84. The molecule has 1 aromatic carbocycles. The van der Waals surface area contributed by atoms with Gasteiger partial charge in [-0.15, -0.1) is 0 Å². The van der Waals surface area contributed by atoms with Gasteiger partial charge in [-0.1, -0.05) is 0 Å². The number of carbonyl (C=O) groups is 1. The van der Waals surface area contributed by atoms with Gasteiger partial charge >= 0.3 is 0 Å². The van der Waals surface area contributed by atoms with Crippen molar-refractivity contribution in [2.45, 2.75) is 6.42 Å². The normalized spacial score (nSPS) is 9.21. The topological polar surface area (TPSA) is 78.9 Å². The summed E-state index contributed by atoms with van der Waals surface area (Å²) in [6.45, 7) is 0. The standard InChI is InChI=1S/C9H8FN3O/c10-8-2-6(4-9(14)13-12)1-7(3-8)5-11/h1-3H,4,12H2,(H,13,14). The number of benzene rings is 1. The lowest BCUT2D eigenvalue weighted by Gasteiger charge is -2.00. The number of hydrogen-bond acceptors (Lipinski definition) is 3. The molecular weight excluding hydrogens is 185 g/mol. The number of hydrogen-bond donors (Lipinski definition) is 2. The number of carbonyl (C=O) groups excluding carboxylic acids is 1. The zero-order valence-corrected chi connectivity index (χ0v) is 7.25. The Bertz CT molecular complexity index is 398. The molecule has 3 N–H and O–H groups in total. The molecule has 1 amide bonds. The average molecular weight is 193 g/mol. The fourth-order valence-electron chi connectivity index (χ4n) is 1.05. The zero-order valence-electron chi connectivity index (χ0n) is 7.25. The predicted octanol–water partition coefficient (Wildman–Crippen LogP) is 0.230. The molecule has 5 heteroatoms. The van der Waals surface area contributed by atoms with Crippen molar-refractivity contribution >= 4 is 5.91 Å². The van der Waals surface area contributed by atoms with Crippen LogP contribution in [0.4, 0.5) is 4.39 Å². The van der Waals surface area contributed by atoms with Gasteiger partial charge in [0.15, 0.2) is 0 Å². The van der Waals surface area contributed by atoms with Gasteiger partial charge in [0, 0.05) is 0 Å². The highest BCUT2D eigenvalue weighted by molar-refractivity contribution is 5.77. The summed E-state index contributed by atoms with van der Waals surface area (Å²) in [6.07, 6.45) is -0.0388. The quantitative estimate of drug-likeness (QED) is 0.401. The van der Waals surface area contributed by atoms with E-state index in [0.717, 1.165) is 6.07 Å². The lowest BCUT2D eigenvalue weighted by atomic mass is 10.1. The van der Waals surface area contributed by atoms with E-state index >= 15 is 0 Å². The van der Waals surface area contributed by atoms with E-state index in [-0.39, 0.29) is 12.0 Å². The first kappa shape index (κ1) is 10.2. The molecule has 0 heterocycles. The Morgan fingerprint density at radius 2 is 2.29 bits per heavy atom. The number of nitrogens with two attached hydrogens (primary N) is 1.